The summed E-state index contributed by atoms with van der Waals surface area (Å²) in [4.78, 5) is 20.9. The standard InChI is InChI=1S/C23H28BrN7O/c24-20-11-12-21(25-16-20)26-23(32)19-10-7-14-30(17-19)13-5-2-6-15-31-28-22(27-29-31)18-8-3-1-4-9-18/h1,3-4,8-9,11-12,16,19H,2,5-7,10,13-15,17H2,(H,25,26,32). The molecule has 0 saturated carbocycles. The average molecular weight is 498 g/mol. The van der Waals surface area contributed by atoms with Crippen molar-refractivity contribution in [3.05, 3.63) is 53.1 Å². The van der Waals surface area contributed by atoms with Crippen molar-refractivity contribution in [1.82, 2.24) is 30.1 Å². The molecule has 4 rings (SSSR count). The average Bonchev–Trinajstić information content (AvgIpc) is 3.30. The lowest BCUT2D eigenvalue weighted by Gasteiger charge is -2.31. The summed E-state index contributed by atoms with van der Waals surface area (Å²) in [5, 5.41) is 15.7. The summed E-state index contributed by atoms with van der Waals surface area (Å²) < 4.78 is 0.899. The van der Waals surface area contributed by atoms with E-state index >= 15 is 0 Å². The van der Waals surface area contributed by atoms with Crippen LogP contribution in [0.3, 0.4) is 0 Å². The monoisotopic (exact) mass is 497 g/mol. The second-order valence-electron chi connectivity index (χ2n) is 8.13. The predicted molar refractivity (Wildman–Crippen MR) is 127 cm³/mol. The molecule has 1 amide bonds. The van der Waals surface area contributed by atoms with Gasteiger partial charge < -0.3 is 10.2 Å². The number of aryl methyl sites for hydroxylation is 1. The van der Waals surface area contributed by atoms with Gasteiger partial charge >= 0.3 is 0 Å². The number of rotatable bonds is 9. The number of piperidine rings is 1. The van der Waals surface area contributed by atoms with Crippen molar-refractivity contribution in [2.45, 2.75) is 38.6 Å². The van der Waals surface area contributed by atoms with Crippen LogP contribution in [0.4, 0.5) is 5.82 Å². The highest BCUT2D eigenvalue weighted by molar-refractivity contribution is 9.10. The van der Waals surface area contributed by atoms with Gasteiger partial charge in [-0.25, -0.2) is 4.98 Å². The highest BCUT2D eigenvalue weighted by Gasteiger charge is 2.25. The number of nitrogens with one attached hydrogen (secondary N) is 1. The number of carbonyl (C=O) groups excluding carboxylic acids is 1. The smallest absolute Gasteiger partial charge is 0.229 e. The molecule has 1 N–H and O–H groups in total. The van der Waals surface area contributed by atoms with Gasteiger partial charge in [0.05, 0.1) is 12.5 Å². The number of benzene rings is 1. The Hall–Kier alpha value is -2.65. The predicted octanol–water partition coefficient (Wildman–Crippen LogP) is 4.02. The molecule has 1 saturated heterocycles. The molecule has 3 heterocycles. The molecule has 1 fully saturated rings. The van der Waals surface area contributed by atoms with Crippen LogP contribution in [0.5, 0.6) is 0 Å². The Morgan fingerprint density at radius 1 is 1.09 bits per heavy atom. The van der Waals surface area contributed by atoms with Crippen molar-refractivity contribution in [2.24, 2.45) is 5.92 Å². The third-order valence-electron chi connectivity index (χ3n) is 5.67. The minimum Gasteiger partial charge on any atom is -0.310 e. The molecule has 1 unspecified atom stereocenters. The Kier molecular flexibility index (Phi) is 7.95. The van der Waals surface area contributed by atoms with Crippen molar-refractivity contribution in [3.8, 4) is 11.4 Å². The normalized spacial score (nSPS) is 16.7. The number of hydrogen-bond acceptors (Lipinski definition) is 6. The van der Waals surface area contributed by atoms with E-state index in [1.54, 1.807) is 11.0 Å². The first-order valence-corrected chi connectivity index (χ1v) is 11.9. The van der Waals surface area contributed by atoms with E-state index in [0.717, 1.165) is 68.3 Å². The van der Waals surface area contributed by atoms with Crippen LogP contribution < -0.4 is 5.32 Å². The van der Waals surface area contributed by atoms with Crippen LogP contribution in [0.25, 0.3) is 11.4 Å². The number of nitrogens with zero attached hydrogens (tertiary/aromatic N) is 6. The zero-order valence-corrected chi connectivity index (χ0v) is 19.6. The fourth-order valence-corrected chi connectivity index (χ4v) is 4.19. The maximum atomic E-state index is 12.6. The van der Waals surface area contributed by atoms with Gasteiger partial charge in [-0.1, -0.05) is 36.8 Å². The molecule has 168 valence electrons. The lowest BCUT2D eigenvalue weighted by Crippen LogP contribution is -2.41. The Balaban J connectivity index is 1.15. The van der Waals surface area contributed by atoms with E-state index in [1.165, 1.54) is 0 Å². The minimum absolute atomic E-state index is 0.0185. The van der Waals surface area contributed by atoms with E-state index in [9.17, 15) is 4.79 Å². The highest BCUT2D eigenvalue weighted by Crippen LogP contribution is 2.19. The molecule has 0 aliphatic carbocycles. The van der Waals surface area contributed by atoms with Gasteiger partial charge in [0.25, 0.3) is 0 Å². The lowest BCUT2D eigenvalue weighted by molar-refractivity contribution is -0.121. The summed E-state index contributed by atoms with van der Waals surface area (Å²) in [5.41, 5.74) is 0.985. The number of amides is 1. The molecular weight excluding hydrogens is 470 g/mol. The number of aromatic nitrogens is 5. The van der Waals surface area contributed by atoms with Crippen LogP contribution in [0.1, 0.15) is 32.1 Å². The van der Waals surface area contributed by atoms with Gasteiger partial charge in [-0.3, -0.25) is 4.79 Å². The molecule has 0 spiro atoms. The van der Waals surface area contributed by atoms with Crippen molar-refractivity contribution in [2.75, 3.05) is 25.0 Å². The van der Waals surface area contributed by atoms with Crippen LogP contribution >= 0.6 is 15.9 Å². The van der Waals surface area contributed by atoms with Crippen molar-refractivity contribution < 1.29 is 4.79 Å². The Morgan fingerprint density at radius 2 is 1.94 bits per heavy atom. The van der Waals surface area contributed by atoms with Gasteiger partial charge in [0.15, 0.2) is 0 Å². The van der Waals surface area contributed by atoms with Gasteiger partial charge in [0.2, 0.25) is 11.7 Å². The zero-order chi connectivity index (χ0) is 22.2. The Labute approximate surface area is 196 Å². The number of tetrazole rings is 1. The molecule has 1 aromatic carbocycles. The molecule has 1 aliphatic heterocycles. The van der Waals surface area contributed by atoms with E-state index in [2.05, 4.69) is 46.5 Å². The van der Waals surface area contributed by atoms with E-state index in [1.807, 2.05) is 42.5 Å². The number of likely N-dealkylation sites (tertiary alicyclic amines) is 1. The van der Waals surface area contributed by atoms with Crippen molar-refractivity contribution in [3.63, 3.8) is 0 Å². The van der Waals surface area contributed by atoms with Gasteiger partial charge in [0.1, 0.15) is 5.82 Å². The molecule has 32 heavy (non-hydrogen) atoms. The number of carbonyl (C=O) groups is 1. The number of anilines is 1. The Morgan fingerprint density at radius 3 is 2.75 bits per heavy atom. The van der Waals surface area contributed by atoms with Gasteiger partial charge in [-0.15, -0.1) is 10.2 Å². The molecule has 0 radical (unpaired) electrons. The summed E-state index contributed by atoms with van der Waals surface area (Å²) >= 11 is 3.36. The number of unbranched alkanes of at least 4 members (excludes halogenated alkanes) is 2. The second kappa shape index (κ2) is 11.3. The summed E-state index contributed by atoms with van der Waals surface area (Å²) in [7, 11) is 0. The topological polar surface area (TPSA) is 88.8 Å². The van der Waals surface area contributed by atoms with Crippen molar-refractivity contribution >= 4 is 27.7 Å². The molecule has 8 nitrogen and oxygen atoms in total. The molecule has 3 aromatic rings. The van der Waals surface area contributed by atoms with Gasteiger partial charge in [-0.2, -0.15) is 4.80 Å². The summed E-state index contributed by atoms with van der Waals surface area (Å²) in [6.07, 6.45) is 6.89. The maximum absolute atomic E-state index is 12.6. The molecule has 1 atom stereocenters. The lowest BCUT2D eigenvalue weighted by atomic mass is 9.97. The minimum atomic E-state index is 0.0185. The van der Waals surface area contributed by atoms with Gasteiger partial charge in [-0.05, 0) is 72.0 Å². The first kappa shape index (κ1) is 22.5. The number of hydrogen-bond donors (Lipinski definition) is 1. The summed E-state index contributed by atoms with van der Waals surface area (Å²) in [6, 6.07) is 13.6. The molecule has 9 heteroatoms. The SMILES string of the molecule is O=C(Nc1ccc(Br)cn1)C1CCCN(CCCCCn2nnc(-c3ccccc3)n2)C1. The van der Waals surface area contributed by atoms with Crippen LogP contribution in [-0.2, 0) is 11.3 Å². The van der Waals surface area contributed by atoms with Gasteiger partial charge in [0, 0.05) is 22.8 Å². The summed E-state index contributed by atoms with van der Waals surface area (Å²) in [6.45, 7) is 3.66. The maximum Gasteiger partial charge on any atom is 0.229 e. The van der Waals surface area contributed by atoms with E-state index in [4.69, 9.17) is 0 Å². The van der Waals surface area contributed by atoms with Crippen LogP contribution in [0.15, 0.2) is 53.1 Å². The number of pyridine rings is 1. The largest absolute Gasteiger partial charge is 0.310 e. The molecule has 1 aliphatic rings. The zero-order valence-electron chi connectivity index (χ0n) is 18.0. The van der Waals surface area contributed by atoms with E-state index < -0.39 is 0 Å². The quantitative estimate of drug-likeness (QED) is 0.449. The van der Waals surface area contributed by atoms with Crippen LogP contribution in [0, 0.1) is 5.92 Å². The molecule has 2 aromatic heterocycles. The van der Waals surface area contributed by atoms with E-state index in [0.29, 0.717) is 11.6 Å². The highest BCUT2D eigenvalue weighted by atomic mass is 79.9. The molecular formula is C23H28BrN7O. The second-order valence-corrected chi connectivity index (χ2v) is 9.04. The third-order valence-corrected chi connectivity index (χ3v) is 6.14. The number of halogens is 1. The molecule has 0 bridgehead atoms. The summed E-state index contributed by atoms with van der Waals surface area (Å²) in [5.74, 6) is 1.36. The van der Waals surface area contributed by atoms with E-state index in [-0.39, 0.29) is 11.8 Å². The Bertz CT molecular complexity index is 993. The fraction of sp³-hybridized carbons (Fsp3) is 0.435. The first-order valence-electron chi connectivity index (χ1n) is 11.2. The third kappa shape index (κ3) is 6.43. The van der Waals surface area contributed by atoms with Crippen LogP contribution in [0.2, 0.25) is 0 Å². The first-order chi connectivity index (χ1) is 15.7. The fourth-order valence-electron chi connectivity index (χ4n) is 3.96. The van der Waals surface area contributed by atoms with Crippen molar-refractivity contribution in [1.29, 1.82) is 0 Å². The van der Waals surface area contributed by atoms with Crippen LogP contribution in [-0.4, -0.2) is 55.6 Å².